The van der Waals surface area contributed by atoms with Crippen LogP contribution < -0.4 is 0 Å². The van der Waals surface area contributed by atoms with Crippen LogP contribution in [0.4, 0.5) is 0 Å². The average molecular weight is 413 g/mol. The van der Waals surface area contributed by atoms with Gasteiger partial charge in [-0.1, -0.05) is 30.0 Å². The molecule has 0 bridgehead atoms. The summed E-state index contributed by atoms with van der Waals surface area (Å²) in [6, 6.07) is 15.8. The van der Waals surface area contributed by atoms with Crippen molar-refractivity contribution in [2.45, 2.75) is 28.7 Å². The zero-order chi connectivity index (χ0) is 19.9. The van der Waals surface area contributed by atoms with Crippen molar-refractivity contribution in [1.82, 2.24) is 4.90 Å². The first-order valence-electron chi connectivity index (χ1n) is 9.05. The molecule has 7 heteroatoms. The predicted molar refractivity (Wildman–Crippen MR) is 111 cm³/mol. The van der Waals surface area contributed by atoms with Gasteiger partial charge in [-0.25, -0.2) is 0 Å². The van der Waals surface area contributed by atoms with Crippen molar-refractivity contribution in [3.8, 4) is 6.07 Å². The molecule has 0 saturated heterocycles. The van der Waals surface area contributed by atoms with Crippen LogP contribution in [0, 0.1) is 11.3 Å². The van der Waals surface area contributed by atoms with E-state index in [-0.39, 0.29) is 11.8 Å². The molecular formula is C21H20N2O3S2. The Morgan fingerprint density at radius 3 is 2.68 bits per heavy atom. The van der Waals surface area contributed by atoms with Gasteiger partial charge in [0.1, 0.15) is 0 Å². The van der Waals surface area contributed by atoms with E-state index in [0.29, 0.717) is 18.5 Å². The average Bonchev–Trinajstić information content (AvgIpc) is 2.88. The van der Waals surface area contributed by atoms with Crippen LogP contribution in [0.1, 0.15) is 29.5 Å². The first-order chi connectivity index (χ1) is 13.4. The van der Waals surface area contributed by atoms with Crippen molar-refractivity contribution in [3.05, 3.63) is 59.2 Å². The quantitative estimate of drug-likeness (QED) is 0.753. The molecule has 2 heterocycles. The van der Waals surface area contributed by atoms with Gasteiger partial charge >= 0.3 is 0 Å². The Bertz CT molecular complexity index is 1120. The maximum Gasteiger partial charge on any atom is 0.266 e. The summed E-state index contributed by atoms with van der Waals surface area (Å²) in [5, 5.41) is 9.37. The lowest BCUT2D eigenvalue weighted by Gasteiger charge is -2.25. The summed E-state index contributed by atoms with van der Waals surface area (Å²) >= 11 is 1.68. The van der Waals surface area contributed by atoms with Gasteiger partial charge in [0.05, 0.1) is 17.4 Å². The van der Waals surface area contributed by atoms with Gasteiger partial charge < -0.3 is 4.90 Å². The molecule has 0 aromatic heterocycles. The van der Waals surface area contributed by atoms with E-state index in [2.05, 4.69) is 18.2 Å². The molecule has 2 aliphatic heterocycles. The molecule has 2 aliphatic rings. The molecule has 28 heavy (non-hydrogen) atoms. The second-order valence-corrected chi connectivity index (χ2v) is 9.80. The first-order valence-corrected chi connectivity index (χ1v) is 11.5. The molecule has 1 N–H and O–H groups in total. The maximum absolute atomic E-state index is 11.6. The van der Waals surface area contributed by atoms with E-state index in [9.17, 15) is 18.2 Å². The van der Waals surface area contributed by atoms with Crippen LogP contribution in [0.2, 0.25) is 0 Å². The normalized spacial score (nSPS) is 19.7. The van der Waals surface area contributed by atoms with Crippen molar-refractivity contribution in [2.24, 2.45) is 0 Å². The van der Waals surface area contributed by atoms with E-state index in [1.54, 1.807) is 11.8 Å². The van der Waals surface area contributed by atoms with E-state index in [1.807, 2.05) is 42.3 Å². The number of rotatable bonds is 2. The van der Waals surface area contributed by atoms with Crippen LogP contribution in [0.5, 0.6) is 0 Å². The molecule has 0 saturated carbocycles. The first kappa shape index (κ1) is 19.2. The zero-order valence-corrected chi connectivity index (χ0v) is 17.1. The highest BCUT2D eigenvalue weighted by atomic mass is 32.2. The second-order valence-electron chi connectivity index (χ2n) is 7.22. The lowest BCUT2D eigenvalue weighted by molar-refractivity contribution is 0.270. The molecule has 4 rings (SSSR count). The molecule has 1 atom stereocenters. The fraction of sp³-hybridized carbons (Fsp3) is 0.286. The standard InChI is InChI=1S/C21H20N2O3S2/c1-23-9-8-16-18(11-15(23)13-28(24,25)26)17-4-2-3-5-20(17)27-21-7-6-14(12-22)10-19(16)21/h2-7,10,15H,8-9,11,13H2,1H3,(H,24,25,26). The van der Waals surface area contributed by atoms with Gasteiger partial charge in [0.25, 0.3) is 10.1 Å². The van der Waals surface area contributed by atoms with E-state index >= 15 is 0 Å². The monoisotopic (exact) mass is 412 g/mol. The zero-order valence-electron chi connectivity index (χ0n) is 15.4. The van der Waals surface area contributed by atoms with Gasteiger partial charge in [0, 0.05) is 22.4 Å². The molecular weight excluding hydrogens is 392 g/mol. The Balaban J connectivity index is 1.92. The van der Waals surface area contributed by atoms with Gasteiger partial charge in [0.2, 0.25) is 0 Å². The smallest absolute Gasteiger partial charge is 0.266 e. The van der Waals surface area contributed by atoms with Crippen LogP contribution >= 0.6 is 11.8 Å². The van der Waals surface area contributed by atoms with Crippen molar-refractivity contribution in [2.75, 3.05) is 19.3 Å². The Labute approximate surface area is 169 Å². The van der Waals surface area contributed by atoms with Crippen molar-refractivity contribution in [1.29, 1.82) is 5.26 Å². The lowest BCUT2D eigenvalue weighted by Crippen LogP contribution is -2.37. The molecule has 2 aromatic carbocycles. The topological polar surface area (TPSA) is 81.4 Å². The Kier molecular flexibility index (Phi) is 5.06. The highest BCUT2D eigenvalue weighted by Crippen LogP contribution is 2.47. The minimum Gasteiger partial charge on any atom is -0.302 e. The molecule has 0 radical (unpaired) electrons. The third-order valence-electron chi connectivity index (χ3n) is 5.41. The molecule has 2 aromatic rings. The minimum atomic E-state index is -4.08. The number of nitrogens with zero attached hydrogens (tertiary/aromatic N) is 2. The maximum atomic E-state index is 11.6. The minimum absolute atomic E-state index is 0.291. The van der Waals surface area contributed by atoms with Crippen LogP contribution in [-0.2, 0) is 10.1 Å². The summed E-state index contributed by atoms with van der Waals surface area (Å²) in [5.41, 5.74) is 5.04. The predicted octanol–water partition coefficient (Wildman–Crippen LogP) is 3.92. The fourth-order valence-electron chi connectivity index (χ4n) is 3.98. The lowest BCUT2D eigenvalue weighted by atomic mass is 9.89. The third kappa shape index (κ3) is 3.74. The fourth-order valence-corrected chi connectivity index (χ4v) is 5.95. The molecule has 0 aliphatic carbocycles. The molecule has 0 fully saturated rings. The number of hydrogen-bond acceptors (Lipinski definition) is 5. The van der Waals surface area contributed by atoms with Gasteiger partial charge in [-0.3, -0.25) is 4.55 Å². The highest BCUT2D eigenvalue weighted by Gasteiger charge is 2.31. The Morgan fingerprint density at radius 2 is 1.93 bits per heavy atom. The highest BCUT2D eigenvalue weighted by molar-refractivity contribution is 7.99. The van der Waals surface area contributed by atoms with Crippen LogP contribution in [0.25, 0.3) is 11.1 Å². The van der Waals surface area contributed by atoms with E-state index in [1.165, 1.54) is 0 Å². The Hall–Kier alpha value is -2.11. The van der Waals surface area contributed by atoms with E-state index in [0.717, 1.165) is 38.5 Å². The summed E-state index contributed by atoms with van der Waals surface area (Å²) in [7, 11) is -2.18. The second kappa shape index (κ2) is 7.37. The third-order valence-corrected chi connectivity index (χ3v) is 7.37. The van der Waals surface area contributed by atoms with Crippen molar-refractivity contribution >= 4 is 33.0 Å². The summed E-state index contributed by atoms with van der Waals surface area (Å²) in [6.07, 6.45) is 1.28. The van der Waals surface area contributed by atoms with Gasteiger partial charge in [0.15, 0.2) is 0 Å². The van der Waals surface area contributed by atoms with Gasteiger partial charge in [-0.15, -0.1) is 0 Å². The molecule has 5 nitrogen and oxygen atoms in total. The molecule has 1 unspecified atom stereocenters. The van der Waals surface area contributed by atoms with Crippen molar-refractivity contribution in [3.63, 3.8) is 0 Å². The van der Waals surface area contributed by atoms with Gasteiger partial charge in [-0.05, 0) is 66.4 Å². The number of nitriles is 1. The summed E-state index contributed by atoms with van der Waals surface area (Å²) in [5.74, 6) is -0.291. The number of hydrogen-bond donors (Lipinski definition) is 1. The molecule has 0 amide bonds. The SMILES string of the molecule is CN1CCC2=C(CC1CS(=O)(=O)O)c1ccccc1Sc1ccc(C#N)cc12. The van der Waals surface area contributed by atoms with Crippen molar-refractivity contribution < 1.29 is 13.0 Å². The molecule has 0 spiro atoms. The van der Waals surface area contributed by atoms with E-state index < -0.39 is 10.1 Å². The van der Waals surface area contributed by atoms with Gasteiger partial charge in [-0.2, -0.15) is 13.7 Å². The van der Waals surface area contributed by atoms with Crippen LogP contribution in [-0.4, -0.2) is 43.3 Å². The largest absolute Gasteiger partial charge is 0.302 e. The van der Waals surface area contributed by atoms with E-state index in [4.69, 9.17) is 0 Å². The number of fused-ring (bicyclic) bond motifs is 4. The Morgan fingerprint density at radius 1 is 1.18 bits per heavy atom. The van der Waals surface area contributed by atoms with Crippen LogP contribution in [0.15, 0.2) is 52.3 Å². The summed E-state index contributed by atoms with van der Waals surface area (Å²) in [6.45, 7) is 0.683. The number of benzene rings is 2. The van der Waals surface area contributed by atoms with Crippen LogP contribution in [0.3, 0.4) is 0 Å². The summed E-state index contributed by atoms with van der Waals surface area (Å²) in [4.78, 5) is 4.23. The molecule has 144 valence electrons. The summed E-state index contributed by atoms with van der Waals surface area (Å²) < 4.78 is 32.6.